The van der Waals surface area contributed by atoms with Crippen molar-refractivity contribution in [3.8, 4) is 5.75 Å². The molecule has 0 saturated carbocycles. The number of benzene rings is 2. The van der Waals surface area contributed by atoms with Gasteiger partial charge in [0, 0.05) is 14.6 Å². The van der Waals surface area contributed by atoms with Crippen LogP contribution in [0.15, 0.2) is 49.8 Å². The molecule has 0 aromatic heterocycles. The van der Waals surface area contributed by atoms with Crippen molar-refractivity contribution in [3.05, 3.63) is 55.4 Å². The van der Waals surface area contributed by atoms with Gasteiger partial charge in [-0.2, -0.15) is 7.82 Å². The van der Waals surface area contributed by atoms with E-state index in [0.717, 1.165) is 0 Å². The molecule has 2 N–H and O–H groups in total. The molecule has 0 atom stereocenters. The quantitative estimate of drug-likeness (QED) is 0.163. The Bertz CT molecular complexity index is 1200. The van der Waals surface area contributed by atoms with Crippen LogP contribution in [0.25, 0.3) is 0 Å². The van der Waals surface area contributed by atoms with Gasteiger partial charge in [-0.05, 0) is 72.1 Å². The third kappa shape index (κ3) is 42.5. The topological polar surface area (TPSA) is 334 Å². The summed E-state index contributed by atoms with van der Waals surface area (Å²) in [5, 5.41) is 29.4. The molecule has 2 aromatic rings. The van der Waals surface area contributed by atoms with Gasteiger partial charge >= 0.3 is 117 Å². The minimum atomic E-state index is -5.68. The SMILES string of the molecule is O=C(Nc1ccccc1)c1cc(Br)c(Br)c(Br)c1O.O=C([O-])[O-].O=P([O-])([O-])OP(=O)([O-])[O-].O=P([O-])([O-])[O-].[F-].[Zn+2].[Zn+2].[Zn+2].[Zn+2].[Zn+2].[Zn+2]. The number of carbonyl (C=O) groups is 2. The van der Waals surface area contributed by atoms with Crippen molar-refractivity contribution < 1.29 is 199 Å². The number of carbonyl (C=O) groups excluding carboxylic acids is 2. The molecule has 218 valence electrons. The van der Waals surface area contributed by atoms with Crippen LogP contribution in [0.2, 0.25) is 0 Å². The predicted molar refractivity (Wildman–Crippen MR) is 115 cm³/mol. The van der Waals surface area contributed by atoms with E-state index in [0.29, 0.717) is 19.1 Å². The Morgan fingerprint density at radius 1 is 0.727 bits per heavy atom. The van der Waals surface area contributed by atoms with E-state index in [-0.39, 0.29) is 139 Å². The number of halogens is 4. The van der Waals surface area contributed by atoms with Gasteiger partial charge in [-0.25, -0.2) is 0 Å². The van der Waals surface area contributed by atoms with E-state index >= 15 is 0 Å². The minimum Gasteiger partial charge on any atom is -1.00 e. The number of hydrogen-bond acceptors (Lipinski definition) is 16. The Labute approximate surface area is 349 Å². The number of para-hydroxylation sites is 1. The third-order valence-corrected chi connectivity index (χ3v) is 7.50. The second-order valence-electron chi connectivity index (χ2n) is 5.38. The number of aromatic hydroxyl groups is 1. The van der Waals surface area contributed by atoms with Crippen LogP contribution in [-0.2, 0) is 135 Å². The predicted octanol–water partition coefficient (Wildman–Crippen LogP) is -6.69. The van der Waals surface area contributed by atoms with Crippen molar-refractivity contribution in [3.63, 3.8) is 0 Å². The summed E-state index contributed by atoms with van der Waals surface area (Å²) in [6.45, 7) is 0. The summed E-state index contributed by atoms with van der Waals surface area (Å²) < 4.78 is 31.5. The first-order valence-corrected chi connectivity index (χ1v) is 14.8. The van der Waals surface area contributed by atoms with Gasteiger partial charge < -0.3 is 82.4 Å². The molecule has 0 bridgehead atoms. The summed E-state index contributed by atoms with van der Waals surface area (Å²) in [4.78, 5) is 83.4. The Hall–Kier alpha value is 2.46. The van der Waals surface area contributed by atoms with Crippen LogP contribution in [0.4, 0.5) is 10.5 Å². The smallest absolute Gasteiger partial charge is 1.00 e. The molecule has 0 heterocycles. The average molecular weight is 1190 g/mol. The first kappa shape index (κ1) is 68.4. The maximum atomic E-state index is 12.1. The van der Waals surface area contributed by atoms with Crippen LogP contribution in [-0.4, -0.2) is 17.2 Å². The normalized spacial score (nSPS) is 9.14. The summed E-state index contributed by atoms with van der Waals surface area (Å²) in [6.07, 6.45) is -2.33. The molecule has 1 amide bonds. The zero-order valence-electron chi connectivity index (χ0n) is 21.6. The van der Waals surface area contributed by atoms with Gasteiger partial charge in [0.05, 0.1) is 25.7 Å². The maximum absolute atomic E-state index is 12.1. The van der Waals surface area contributed by atoms with Crippen molar-refractivity contribution in [1.82, 2.24) is 0 Å². The Morgan fingerprint density at radius 2 is 1.05 bits per heavy atom. The van der Waals surface area contributed by atoms with Crippen molar-refractivity contribution >= 4 is 89.0 Å². The Kier molecular flexibility index (Phi) is 50.8. The van der Waals surface area contributed by atoms with Crippen LogP contribution < -0.4 is 54.5 Å². The number of hydrogen-bond donors (Lipinski definition) is 2. The molecule has 0 fully saturated rings. The molecule has 0 aliphatic carbocycles. The van der Waals surface area contributed by atoms with Crippen LogP contribution in [0, 0.1) is 0 Å². The number of phenols is 1. The minimum absolute atomic E-state index is 0. The summed E-state index contributed by atoms with van der Waals surface area (Å²) >= 11 is 9.84. The average Bonchev–Trinajstić information content (AvgIpc) is 2.66. The first-order valence-electron chi connectivity index (χ1n) is 8.04. The number of nitrogens with one attached hydrogen (secondary N) is 1. The van der Waals surface area contributed by atoms with E-state index in [1.54, 1.807) is 18.2 Å². The van der Waals surface area contributed by atoms with Crippen LogP contribution >= 0.6 is 71.3 Å². The van der Waals surface area contributed by atoms with E-state index < -0.39 is 29.6 Å². The molecule has 0 saturated heterocycles. The third-order valence-electron chi connectivity index (χ3n) is 2.61. The molecule has 0 spiro atoms. The molecule has 2 aromatic carbocycles. The fourth-order valence-corrected chi connectivity index (χ4v) is 4.00. The van der Waals surface area contributed by atoms with E-state index in [9.17, 15) is 38.6 Å². The van der Waals surface area contributed by atoms with Gasteiger partial charge in [0.25, 0.3) is 5.91 Å². The van der Waals surface area contributed by atoms with Crippen LogP contribution in [0.1, 0.15) is 10.4 Å². The molecule has 0 unspecified atom stereocenters. The number of carboxylic acid groups (broad SMARTS) is 2. The number of amides is 1. The number of phosphoric acid groups is 3. The summed E-state index contributed by atoms with van der Waals surface area (Å²) in [5.41, 5.74) is 0.855. The number of rotatable bonds is 4. The van der Waals surface area contributed by atoms with E-state index in [2.05, 4.69) is 57.4 Å². The summed E-state index contributed by atoms with van der Waals surface area (Å²) in [5.74, 6) is -0.485. The second kappa shape index (κ2) is 32.7. The van der Waals surface area contributed by atoms with E-state index in [4.69, 9.17) is 34.3 Å². The van der Waals surface area contributed by atoms with Crippen LogP contribution in [0.3, 0.4) is 0 Å². The zero-order chi connectivity index (χ0) is 29.8. The summed E-state index contributed by atoms with van der Waals surface area (Å²) in [6, 6.07) is 10.6. The summed E-state index contributed by atoms with van der Waals surface area (Å²) in [7, 11) is -16.7. The van der Waals surface area contributed by atoms with E-state index in [1.807, 2.05) is 18.2 Å². The van der Waals surface area contributed by atoms with Gasteiger partial charge in [-0.3, -0.25) is 4.79 Å². The monoisotopic (exact) mass is 1180 g/mol. The molecule has 17 nitrogen and oxygen atoms in total. The molecular formula is C14H8Br3FNO16P3Zn6+2. The molecule has 44 heavy (non-hydrogen) atoms. The van der Waals surface area contributed by atoms with Gasteiger partial charge in [0.15, 0.2) is 0 Å². The Morgan fingerprint density at radius 3 is 1.32 bits per heavy atom. The molecule has 0 radical (unpaired) electrons. The van der Waals surface area contributed by atoms with Gasteiger partial charge in [-0.15, -0.1) is 0 Å². The van der Waals surface area contributed by atoms with E-state index in [1.165, 1.54) is 0 Å². The fraction of sp³-hybridized carbons (Fsp3) is 0. The molecule has 0 aliphatic heterocycles. The number of phenolic OH excluding ortho intramolecular Hbond substituents is 1. The second-order valence-corrected chi connectivity index (χ2v) is 11.2. The largest absolute Gasteiger partial charge is 2.00 e. The number of anilines is 1. The van der Waals surface area contributed by atoms with Crippen LogP contribution in [0.5, 0.6) is 5.75 Å². The standard InChI is InChI=1S/C13H8Br3NO2.CH2O3.FH.H4O7P2.H3O4P.6Zn/c14-9-6-8(12(18)11(16)10(9)15)13(19)17-7-4-2-1-3-5-7;2-1(3)4;;1-8(2,3)7-9(4,5)6;1-5(2,3)4;;;;;;/h1-6,18H,(H,17,19);(H2,2,3,4);1H;(H2,1,2,3)(H2,4,5,6);(H3,1,2,3,4);;;;;;/q;;;;;6*+2/p-10. The van der Waals surface area contributed by atoms with Gasteiger partial charge in [0.1, 0.15) is 5.75 Å². The van der Waals surface area contributed by atoms with Gasteiger partial charge in [-0.1, -0.05) is 18.2 Å². The molecule has 30 heteroatoms. The molecule has 0 aliphatic rings. The zero-order valence-corrected chi connectivity index (χ0v) is 46.9. The molecular weight excluding hydrogens is 1180 g/mol. The maximum Gasteiger partial charge on any atom is 2.00 e. The van der Waals surface area contributed by atoms with Crippen molar-refractivity contribution in [2.75, 3.05) is 5.32 Å². The Balaban J connectivity index is -0.0000000603. The van der Waals surface area contributed by atoms with Crippen molar-refractivity contribution in [2.24, 2.45) is 0 Å². The fourth-order valence-electron chi connectivity index (χ4n) is 1.60. The first-order chi connectivity index (χ1) is 16.4. The van der Waals surface area contributed by atoms with Crippen molar-refractivity contribution in [1.29, 1.82) is 0 Å². The molecule has 2 rings (SSSR count). The van der Waals surface area contributed by atoms with Gasteiger partial charge in [0.2, 0.25) is 0 Å². The van der Waals surface area contributed by atoms with Crippen molar-refractivity contribution in [2.45, 2.75) is 0 Å².